The molecule has 0 unspecified atom stereocenters. The zero-order chi connectivity index (χ0) is 7.56. The molecule has 0 fully saturated rings. The standard InChI is InChI=1S/C6H4BBrO2/c8-6-3-1-5(2-4-6)7(9)10/h1-4H/q-2. The van der Waals surface area contributed by atoms with Crippen LogP contribution in [0.4, 0.5) is 0 Å². The Hall–Kier alpha value is -0.315. The highest BCUT2D eigenvalue weighted by Gasteiger charge is 1.86. The third-order valence-electron chi connectivity index (χ3n) is 1.14. The zero-order valence-electron chi connectivity index (χ0n) is 5.08. The summed E-state index contributed by atoms with van der Waals surface area (Å²) in [6.45, 7) is 0. The Labute approximate surface area is 67.8 Å². The van der Waals surface area contributed by atoms with Gasteiger partial charge in [-0.3, -0.25) is 0 Å². The second-order valence-corrected chi connectivity index (χ2v) is 2.80. The van der Waals surface area contributed by atoms with Gasteiger partial charge in [-0.2, -0.15) is 0 Å². The molecular weight excluding hydrogens is 195 g/mol. The van der Waals surface area contributed by atoms with E-state index in [9.17, 15) is 10.0 Å². The van der Waals surface area contributed by atoms with Gasteiger partial charge in [0.25, 0.3) is 0 Å². The predicted molar refractivity (Wildman–Crippen MR) is 39.5 cm³/mol. The van der Waals surface area contributed by atoms with Gasteiger partial charge in [0.2, 0.25) is 0 Å². The Morgan fingerprint density at radius 1 is 1.10 bits per heavy atom. The highest BCUT2D eigenvalue weighted by atomic mass is 79.9. The Kier molecular flexibility index (Phi) is 2.48. The van der Waals surface area contributed by atoms with Crippen LogP contribution in [0, 0.1) is 0 Å². The SMILES string of the molecule is [O-]B([O-])c1ccc(Br)cc1. The zero-order valence-corrected chi connectivity index (χ0v) is 6.67. The van der Waals surface area contributed by atoms with Gasteiger partial charge in [-0.05, 0) is 12.1 Å². The lowest BCUT2D eigenvalue weighted by atomic mass is 9.81. The number of hydrogen-bond acceptors (Lipinski definition) is 2. The van der Waals surface area contributed by atoms with Gasteiger partial charge in [0.05, 0.1) is 0 Å². The molecule has 2 nitrogen and oxygen atoms in total. The van der Waals surface area contributed by atoms with E-state index in [1.54, 1.807) is 12.1 Å². The Morgan fingerprint density at radius 2 is 1.60 bits per heavy atom. The first-order valence-corrected chi connectivity index (χ1v) is 3.56. The van der Waals surface area contributed by atoms with Gasteiger partial charge in [0.15, 0.2) is 0 Å². The molecule has 10 heavy (non-hydrogen) atoms. The van der Waals surface area contributed by atoms with Crippen LogP contribution in [0.2, 0.25) is 0 Å². The van der Waals surface area contributed by atoms with Crippen LogP contribution in [0.15, 0.2) is 28.7 Å². The van der Waals surface area contributed by atoms with Gasteiger partial charge in [-0.15, -0.1) is 5.46 Å². The fourth-order valence-corrected chi connectivity index (χ4v) is 0.884. The summed E-state index contributed by atoms with van der Waals surface area (Å²) in [5.41, 5.74) is 0.281. The summed E-state index contributed by atoms with van der Waals surface area (Å²) >= 11 is 3.19. The summed E-state index contributed by atoms with van der Waals surface area (Å²) in [5.74, 6) is 0. The third-order valence-corrected chi connectivity index (χ3v) is 1.67. The van der Waals surface area contributed by atoms with Gasteiger partial charge >= 0.3 is 0 Å². The summed E-state index contributed by atoms with van der Waals surface area (Å²) in [6.07, 6.45) is 0. The van der Waals surface area contributed by atoms with Gasteiger partial charge in [-0.1, -0.05) is 35.2 Å². The van der Waals surface area contributed by atoms with Gasteiger partial charge in [-0.25, -0.2) is 0 Å². The molecule has 0 bridgehead atoms. The van der Waals surface area contributed by atoms with Gasteiger partial charge < -0.3 is 10.0 Å². The van der Waals surface area contributed by atoms with Crippen LogP contribution in [0.5, 0.6) is 0 Å². The van der Waals surface area contributed by atoms with Crippen LogP contribution in [-0.4, -0.2) is 7.12 Å². The molecule has 0 aliphatic heterocycles. The smallest absolute Gasteiger partial charge is 0.0174 e. The lowest BCUT2D eigenvalue weighted by molar-refractivity contribution is -0.341. The molecule has 0 heterocycles. The molecule has 0 amide bonds. The van der Waals surface area contributed by atoms with E-state index >= 15 is 0 Å². The van der Waals surface area contributed by atoms with E-state index in [1.165, 1.54) is 12.1 Å². The minimum atomic E-state index is -1.87. The minimum Gasteiger partial charge on any atom is -0.889 e. The molecule has 0 atom stereocenters. The van der Waals surface area contributed by atoms with Crippen LogP contribution < -0.4 is 15.5 Å². The number of hydrogen-bond donors (Lipinski definition) is 0. The van der Waals surface area contributed by atoms with E-state index in [1.807, 2.05) is 0 Å². The van der Waals surface area contributed by atoms with Crippen molar-refractivity contribution in [1.82, 2.24) is 0 Å². The van der Waals surface area contributed by atoms with E-state index in [0.717, 1.165) is 4.47 Å². The normalized spacial score (nSPS) is 9.50. The topological polar surface area (TPSA) is 46.1 Å². The number of rotatable bonds is 1. The highest BCUT2D eigenvalue weighted by molar-refractivity contribution is 9.10. The quantitative estimate of drug-likeness (QED) is 0.536. The second-order valence-electron chi connectivity index (χ2n) is 1.88. The first kappa shape index (κ1) is 7.79. The molecule has 1 rings (SSSR count). The molecule has 0 aliphatic carbocycles. The Morgan fingerprint density at radius 3 is 2.00 bits per heavy atom. The van der Waals surface area contributed by atoms with Gasteiger partial charge in [0.1, 0.15) is 0 Å². The Balaban J connectivity index is 2.89. The van der Waals surface area contributed by atoms with Crippen LogP contribution in [0.25, 0.3) is 0 Å². The first-order chi connectivity index (χ1) is 4.70. The number of benzene rings is 1. The second kappa shape index (κ2) is 3.19. The van der Waals surface area contributed by atoms with Crippen molar-refractivity contribution < 1.29 is 10.0 Å². The maximum atomic E-state index is 10.3. The van der Waals surface area contributed by atoms with Crippen molar-refractivity contribution in [3.05, 3.63) is 28.7 Å². The van der Waals surface area contributed by atoms with Gasteiger partial charge in [0, 0.05) is 4.47 Å². The average Bonchev–Trinajstić information content (AvgIpc) is 1.88. The number of halogens is 1. The van der Waals surface area contributed by atoms with Crippen LogP contribution >= 0.6 is 15.9 Å². The molecule has 0 N–H and O–H groups in total. The minimum absolute atomic E-state index is 0.281. The molecule has 52 valence electrons. The summed E-state index contributed by atoms with van der Waals surface area (Å²) in [7, 11) is -1.87. The van der Waals surface area contributed by atoms with E-state index in [-0.39, 0.29) is 5.46 Å². The van der Waals surface area contributed by atoms with Crippen molar-refractivity contribution in [2.24, 2.45) is 0 Å². The van der Waals surface area contributed by atoms with E-state index < -0.39 is 7.12 Å². The lowest BCUT2D eigenvalue weighted by Crippen LogP contribution is -2.55. The van der Waals surface area contributed by atoms with Crippen LogP contribution in [0.3, 0.4) is 0 Å². The van der Waals surface area contributed by atoms with Crippen molar-refractivity contribution in [1.29, 1.82) is 0 Å². The Bertz CT molecular complexity index is 209. The largest absolute Gasteiger partial charge is 0.889 e. The van der Waals surface area contributed by atoms with E-state index in [4.69, 9.17) is 0 Å². The molecule has 4 heteroatoms. The molecular formula is C6H4BBrO2-2. The summed E-state index contributed by atoms with van der Waals surface area (Å²) in [5, 5.41) is 20.5. The molecule has 0 spiro atoms. The molecule has 0 saturated carbocycles. The molecule has 1 aromatic rings. The van der Waals surface area contributed by atoms with E-state index in [2.05, 4.69) is 15.9 Å². The summed E-state index contributed by atoms with van der Waals surface area (Å²) in [4.78, 5) is 0. The maximum Gasteiger partial charge on any atom is 0.0174 e. The van der Waals surface area contributed by atoms with E-state index in [0.29, 0.717) is 0 Å². The van der Waals surface area contributed by atoms with Crippen molar-refractivity contribution in [3.8, 4) is 0 Å². The van der Waals surface area contributed by atoms with Crippen molar-refractivity contribution in [2.75, 3.05) is 0 Å². The average molecular weight is 199 g/mol. The third kappa shape index (κ3) is 1.83. The summed E-state index contributed by atoms with van der Waals surface area (Å²) in [6, 6.07) is 6.40. The molecule has 0 radical (unpaired) electrons. The summed E-state index contributed by atoms with van der Waals surface area (Å²) < 4.78 is 0.872. The fourth-order valence-electron chi connectivity index (χ4n) is 0.620. The van der Waals surface area contributed by atoms with Crippen LogP contribution in [-0.2, 0) is 0 Å². The molecule has 0 aromatic heterocycles. The van der Waals surface area contributed by atoms with Crippen molar-refractivity contribution in [3.63, 3.8) is 0 Å². The maximum absolute atomic E-state index is 10.3. The lowest BCUT2D eigenvalue weighted by Gasteiger charge is -2.26. The predicted octanol–water partition coefficient (Wildman–Crippen LogP) is -1.14. The fraction of sp³-hybridized carbons (Fsp3) is 0. The first-order valence-electron chi connectivity index (χ1n) is 2.77. The molecule has 0 aliphatic rings. The molecule has 1 aromatic carbocycles. The van der Waals surface area contributed by atoms with Crippen LogP contribution in [0.1, 0.15) is 0 Å². The highest BCUT2D eigenvalue weighted by Crippen LogP contribution is 2.04. The monoisotopic (exact) mass is 198 g/mol. The van der Waals surface area contributed by atoms with Crippen molar-refractivity contribution >= 4 is 28.5 Å². The molecule has 0 saturated heterocycles. The van der Waals surface area contributed by atoms with Crippen molar-refractivity contribution in [2.45, 2.75) is 0 Å².